The van der Waals surface area contributed by atoms with Crippen LogP contribution >= 0.6 is 0 Å². The Hall–Kier alpha value is -1.62. The van der Waals surface area contributed by atoms with Crippen molar-refractivity contribution in [2.45, 2.75) is 0 Å². The number of nitrogens with two attached hydrogens (primary N) is 1. The summed E-state index contributed by atoms with van der Waals surface area (Å²) in [7, 11) is 0. The number of hydrogen-bond donors (Lipinski definition) is 3. The Labute approximate surface area is 63.6 Å². The van der Waals surface area contributed by atoms with E-state index in [2.05, 4.69) is 10.3 Å². The molecule has 0 saturated carbocycles. The highest BCUT2D eigenvalue weighted by atomic mass is 16.2. The summed E-state index contributed by atoms with van der Waals surface area (Å²) in [6.45, 7) is 0. The Morgan fingerprint density at radius 2 is 2.36 bits per heavy atom. The van der Waals surface area contributed by atoms with Crippen molar-refractivity contribution in [2.75, 3.05) is 5.32 Å². The molecular weight excluding hydrogens is 144 g/mol. The number of nitrogens with zero attached hydrogens (tertiary/aromatic N) is 1. The number of rotatable bonds is 1. The predicted octanol–water partition coefficient (Wildman–Crippen LogP) is 0.0768. The topological polar surface area (TPSA) is 80.0 Å². The number of nitrogens with one attached hydrogen (secondary N) is 2. The molecule has 2 amide bonds. The lowest BCUT2D eigenvalue weighted by Gasteiger charge is -2.00. The van der Waals surface area contributed by atoms with Gasteiger partial charge in [0.1, 0.15) is 5.82 Å². The van der Waals surface area contributed by atoms with E-state index in [1.807, 2.05) is 5.43 Å². The Morgan fingerprint density at radius 1 is 1.55 bits per heavy atom. The van der Waals surface area contributed by atoms with Crippen LogP contribution in [0.4, 0.5) is 10.6 Å². The number of pyridine rings is 1. The molecule has 0 bridgehead atoms. The van der Waals surface area contributed by atoms with E-state index in [1.165, 1.54) is 0 Å². The number of hydrogen-bond acceptors (Lipinski definition) is 3. The minimum absolute atomic E-state index is 0.468. The molecule has 1 rings (SSSR count). The quantitative estimate of drug-likeness (QED) is 0.303. The highest BCUT2D eigenvalue weighted by Gasteiger charge is 1.96. The van der Waals surface area contributed by atoms with Gasteiger partial charge in [0.05, 0.1) is 0 Å². The summed E-state index contributed by atoms with van der Waals surface area (Å²) in [6.07, 6.45) is 1.58. The summed E-state index contributed by atoms with van der Waals surface area (Å²) in [6, 6.07) is 4.70. The van der Waals surface area contributed by atoms with Crippen LogP contribution in [0.1, 0.15) is 0 Å². The third-order valence-corrected chi connectivity index (χ3v) is 1.04. The smallest absolute Gasteiger partial charge is 0.291 e. The van der Waals surface area contributed by atoms with Gasteiger partial charge < -0.3 is 0 Å². The van der Waals surface area contributed by atoms with Gasteiger partial charge in [-0.3, -0.25) is 10.7 Å². The van der Waals surface area contributed by atoms with E-state index in [1.54, 1.807) is 24.4 Å². The largest absolute Gasteiger partial charge is 0.334 e. The molecule has 0 aromatic carbocycles. The zero-order valence-corrected chi connectivity index (χ0v) is 5.74. The van der Waals surface area contributed by atoms with E-state index in [0.29, 0.717) is 5.82 Å². The van der Waals surface area contributed by atoms with Crippen molar-refractivity contribution >= 4 is 11.8 Å². The van der Waals surface area contributed by atoms with Crippen molar-refractivity contribution in [2.24, 2.45) is 5.84 Å². The van der Waals surface area contributed by atoms with Crippen molar-refractivity contribution in [3.63, 3.8) is 0 Å². The van der Waals surface area contributed by atoms with E-state index in [4.69, 9.17) is 5.84 Å². The second-order valence-electron chi connectivity index (χ2n) is 1.81. The molecular formula is C6H8N4O. The zero-order chi connectivity index (χ0) is 8.10. The van der Waals surface area contributed by atoms with Crippen molar-refractivity contribution < 1.29 is 4.79 Å². The maximum atomic E-state index is 10.6. The molecule has 0 unspecified atom stereocenters. The second kappa shape index (κ2) is 3.52. The molecule has 0 saturated heterocycles. The first kappa shape index (κ1) is 7.49. The highest BCUT2D eigenvalue weighted by molar-refractivity contribution is 5.87. The summed E-state index contributed by atoms with van der Waals surface area (Å²) in [4.78, 5) is 14.4. The predicted molar refractivity (Wildman–Crippen MR) is 40.6 cm³/mol. The normalized spacial score (nSPS) is 8.82. The molecule has 1 heterocycles. The molecule has 0 atom stereocenters. The molecule has 58 valence electrons. The van der Waals surface area contributed by atoms with Crippen LogP contribution in [-0.4, -0.2) is 11.0 Å². The zero-order valence-electron chi connectivity index (χ0n) is 5.74. The van der Waals surface area contributed by atoms with Crippen molar-refractivity contribution in [1.29, 1.82) is 0 Å². The Balaban J connectivity index is 2.58. The summed E-state index contributed by atoms with van der Waals surface area (Å²) in [5, 5.41) is 2.41. The van der Waals surface area contributed by atoms with Gasteiger partial charge in [-0.05, 0) is 12.1 Å². The van der Waals surface area contributed by atoms with Gasteiger partial charge in [0.2, 0.25) is 0 Å². The van der Waals surface area contributed by atoms with Crippen LogP contribution in [0.15, 0.2) is 24.4 Å². The molecule has 0 spiro atoms. The van der Waals surface area contributed by atoms with E-state index in [-0.39, 0.29) is 0 Å². The fourth-order valence-corrected chi connectivity index (χ4v) is 0.589. The average molecular weight is 152 g/mol. The minimum Gasteiger partial charge on any atom is -0.291 e. The molecule has 0 radical (unpaired) electrons. The average Bonchev–Trinajstić information content (AvgIpc) is 2.06. The fraction of sp³-hybridized carbons (Fsp3) is 0. The van der Waals surface area contributed by atoms with Gasteiger partial charge in [0.15, 0.2) is 0 Å². The summed E-state index contributed by atoms with van der Waals surface area (Å²) in [5.41, 5.74) is 1.92. The Bertz CT molecular complexity index is 236. The first-order valence-corrected chi connectivity index (χ1v) is 3.01. The molecule has 4 N–H and O–H groups in total. The van der Waals surface area contributed by atoms with Gasteiger partial charge in [-0.2, -0.15) is 0 Å². The summed E-state index contributed by atoms with van der Waals surface area (Å²) in [5.74, 6) is 5.30. The second-order valence-corrected chi connectivity index (χ2v) is 1.81. The summed E-state index contributed by atoms with van der Waals surface area (Å²) >= 11 is 0. The number of anilines is 1. The van der Waals surface area contributed by atoms with Crippen LogP contribution in [0.25, 0.3) is 0 Å². The summed E-state index contributed by atoms with van der Waals surface area (Å²) < 4.78 is 0. The molecule has 1 aromatic heterocycles. The van der Waals surface area contributed by atoms with Crippen LogP contribution in [0.2, 0.25) is 0 Å². The van der Waals surface area contributed by atoms with Crippen molar-refractivity contribution in [3.8, 4) is 0 Å². The van der Waals surface area contributed by atoms with Crippen LogP contribution in [0.3, 0.4) is 0 Å². The van der Waals surface area contributed by atoms with Gasteiger partial charge in [-0.25, -0.2) is 15.6 Å². The monoisotopic (exact) mass is 152 g/mol. The third kappa shape index (κ3) is 2.23. The molecule has 0 fully saturated rings. The van der Waals surface area contributed by atoms with Crippen LogP contribution in [-0.2, 0) is 0 Å². The molecule has 11 heavy (non-hydrogen) atoms. The molecule has 5 nitrogen and oxygen atoms in total. The third-order valence-electron chi connectivity index (χ3n) is 1.04. The molecule has 1 aromatic rings. The van der Waals surface area contributed by atoms with Crippen LogP contribution < -0.4 is 16.6 Å². The first-order chi connectivity index (χ1) is 5.33. The number of carbonyl (C=O) groups excluding carboxylic acids is 1. The number of hydrazine groups is 1. The molecule has 0 aliphatic heterocycles. The van der Waals surface area contributed by atoms with Crippen molar-refractivity contribution in [1.82, 2.24) is 10.4 Å². The van der Waals surface area contributed by atoms with E-state index >= 15 is 0 Å². The lowest BCUT2D eigenvalue weighted by Crippen LogP contribution is -2.34. The number of aromatic nitrogens is 1. The van der Waals surface area contributed by atoms with E-state index < -0.39 is 6.03 Å². The SMILES string of the molecule is NNC(=O)Nc1ccccn1. The van der Waals surface area contributed by atoms with Gasteiger partial charge in [0, 0.05) is 6.20 Å². The molecule has 5 heteroatoms. The lowest BCUT2D eigenvalue weighted by atomic mass is 10.5. The first-order valence-electron chi connectivity index (χ1n) is 3.01. The maximum absolute atomic E-state index is 10.6. The van der Waals surface area contributed by atoms with Crippen LogP contribution in [0.5, 0.6) is 0 Å². The van der Waals surface area contributed by atoms with Crippen LogP contribution in [0, 0.1) is 0 Å². The van der Waals surface area contributed by atoms with E-state index in [9.17, 15) is 4.79 Å². The molecule has 0 aliphatic rings. The van der Waals surface area contributed by atoms with E-state index in [0.717, 1.165) is 0 Å². The Kier molecular flexibility index (Phi) is 2.40. The Morgan fingerprint density at radius 3 is 2.91 bits per heavy atom. The van der Waals surface area contributed by atoms with Gasteiger partial charge >= 0.3 is 6.03 Å². The lowest BCUT2D eigenvalue weighted by molar-refractivity contribution is 0.252. The minimum atomic E-state index is -0.483. The standard InChI is InChI=1S/C6H8N4O/c7-10-6(11)9-5-3-1-2-4-8-5/h1-4H,7H2,(H2,8,9,10,11). The maximum Gasteiger partial charge on any atom is 0.334 e. The van der Waals surface area contributed by atoms with Gasteiger partial charge in [0.25, 0.3) is 0 Å². The number of urea groups is 1. The fourth-order valence-electron chi connectivity index (χ4n) is 0.589. The van der Waals surface area contributed by atoms with Gasteiger partial charge in [-0.15, -0.1) is 0 Å². The highest BCUT2D eigenvalue weighted by Crippen LogP contribution is 1.97. The number of amides is 2. The van der Waals surface area contributed by atoms with Crippen molar-refractivity contribution in [3.05, 3.63) is 24.4 Å². The van der Waals surface area contributed by atoms with Gasteiger partial charge in [-0.1, -0.05) is 6.07 Å². The number of carbonyl (C=O) groups is 1. The molecule has 0 aliphatic carbocycles.